The van der Waals surface area contributed by atoms with Crippen molar-refractivity contribution in [1.29, 1.82) is 0 Å². The number of nitrogens with one attached hydrogen (secondary N) is 1. The second-order valence-corrected chi connectivity index (χ2v) is 6.73. The highest BCUT2D eigenvalue weighted by atomic mass is 32.2. The molecular weight excluding hydrogens is 316 g/mol. The summed E-state index contributed by atoms with van der Waals surface area (Å²) >= 11 is 0. The molecule has 8 heteroatoms. The van der Waals surface area contributed by atoms with Gasteiger partial charge in [0.25, 0.3) is 5.89 Å². The van der Waals surface area contributed by atoms with E-state index in [9.17, 15) is 8.42 Å². The van der Waals surface area contributed by atoms with Crippen LogP contribution >= 0.6 is 0 Å². The Labute approximate surface area is 133 Å². The van der Waals surface area contributed by atoms with E-state index in [1.165, 1.54) is 0 Å². The lowest BCUT2D eigenvalue weighted by molar-refractivity contribution is 0.431. The van der Waals surface area contributed by atoms with Gasteiger partial charge in [-0.3, -0.25) is 9.71 Å². The molecule has 1 aromatic carbocycles. The van der Waals surface area contributed by atoms with Gasteiger partial charge in [-0.05, 0) is 43.3 Å². The van der Waals surface area contributed by atoms with Gasteiger partial charge in [-0.25, -0.2) is 8.42 Å². The van der Waals surface area contributed by atoms with Crippen LogP contribution in [0.4, 0.5) is 5.69 Å². The maximum atomic E-state index is 11.5. The number of aromatic nitrogens is 3. The summed E-state index contributed by atoms with van der Waals surface area (Å²) in [5, 5.41) is 3.92. The van der Waals surface area contributed by atoms with E-state index in [0.29, 0.717) is 23.1 Å². The maximum Gasteiger partial charge on any atom is 0.276 e. The smallest absolute Gasteiger partial charge is 0.276 e. The molecule has 3 aromatic rings. The molecule has 0 bridgehead atoms. The van der Waals surface area contributed by atoms with Crippen molar-refractivity contribution in [3.8, 4) is 23.0 Å². The van der Waals surface area contributed by atoms with Crippen LogP contribution in [0.5, 0.6) is 0 Å². The Morgan fingerprint density at radius 1 is 1.13 bits per heavy atom. The van der Waals surface area contributed by atoms with Crippen molar-refractivity contribution in [1.82, 2.24) is 15.1 Å². The number of sulfonamides is 1. The molecular formula is C15H14N4O3S. The Morgan fingerprint density at radius 2 is 1.91 bits per heavy atom. The number of nitrogens with zero attached hydrogens (tertiary/aromatic N) is 3. The van der Waals surface area contributed by atoms with E-state index < -0.39 is 10.0 Å². The molecule has 118 valence electrons. The molecule has 0 radical (unpaired) electrons. The average molecular weight is 330 g/mol. The third kappa shape index (κ3) is 3.54. The highest BCUT2D eigenvalue weighted by Gasteiger charge is 2.12. The van der Waals surface area contributed by atoms with E-state index in [1.807, 2.05) is 6.07 Å². The Morgan fingerprint density at radius 3 is 2.57 bits per heavy atom. The summed E-state index contributed by atoms with van der Waals surface area (Å²) in [6.45, 7) is 1.58. The number of rotatable bonds is 5. The summed E-state index contributed by atoms with van der Waals surface area (Å²) in [4.78, 5) is 8.44. The van der Waals surface area contributed by atoms with Gasteiger partial charge in [-0.2, -0.15) is 4.98 Å². The molecule has 23 heavy (non-hydrogen) atoms. The van der Waals surface area contributed by atoms with Gasteiger partial charge in [0.2, 0.25) is 15.8 Å². The largest absolute Gasteiger partial charge is 0.332 e. The van der Waals surface area contributed by atoms with Crippen LogP contribution in [0.1, 0.15) is 6.92 Å². The van der Waals surface area contributed by atoms with Gasteiger partial charge in [0, 0.05) is 17.4 Å². The van der Waals surface area contributed by atoms with Crippen LogP contribution in [-0.4, -0.2) is 29.3 Å². The molecule has 0 saturated carbocycles. The summed E-state index contributed by atoms with van der Waals surface area (Å²) in [6, 6.07) is 12.2. The lowest BCUT2D eigenvalue weighted by Crippen LogP contribution is -2.14. The lowest BCUT2D eigenvalue weighted by Gasteiger charge is -2.05. The van der Waals surface area contributed by atoms with Gasteiger partial charge in [-0.1, -0.05) is 11.2 Å². The Bertz CT molecular complexity index is 890. The number of pyridine rings is 1. The van der Waals surface area contributed by atoms with Gasteiger partial charge < -0.3 is 4.52 Å². The van der Waals surface area contributed by atoms with Crippen LogP contribution in [0.3, 0.4) is 0 Å². The predicted molar refractivity (Wildman–Crippen MR) is 86.0 cm³/mol. The maximum absolute atomic E-state index is 11.5. The van der Waals surface area contributed by atoms with Gasteiger partial charge in [0.05, 0.1) is 5.75 Å². The minimum absolute atomic E-state index is 0.0209. The molecule has 3 rings (SSSR count). The summed E-state index contributed by atoms with van der Waals surface area (Å²) in [7, 11) is -3.29. The fraction of sp³-hybridized carbons (Fsp3) is 0.133. The Kier molecular flexibility index (Phi) is 4.07. The Balaban J connectivity index is 1.82. The summed E-state index contributed by atoms with van der Waals surface area (Å²) in [5.74, 6) is 0.763. The number of hydrogen-bond donors (Lipinski definition) is 1. The van der Waals surface area contributed by atoms with E-state index in [0.717, 1.165) is 5.56 Å². The molecule has 0 spiro atoms. The highest BCUT2D eigenvalue weighted by molar-refractivity contribution is 7.92. The fourth-order valence-electron chi connectivity index (χ4n) is 1.87. The summed E-state index contributed by atoms with van der Waals surface area (Å²) in [6.07, 6.45) is 1.65. The van der Waals surface area contributed by atoms with Crippen molar-refractivity contribution in [2.75, 3.05) is 10.5 Å². The average Bonchev–Trinajstić information content (AvgIpc) is 3.06. The summed E-state index contributed by atoms with van der Waals surface area (Å²) < 4.78 is 30.7. The monoisotopic (exact) mass is 330 g/mol. The van der Waals surface area contributed by atoms with Crippen molar-refractivity contribution >= 4 is 15.7 Å². The molecule has 2 heterocycles. The zero-order valence-corrected chi connectivity index (χ0v) is 13.1. The first-order valence-electron chi connectivity index (χ1n) is 6.93. The van der Waals surface area contributed by atoms with Crippen LogP contribution in [0, 0.1) is 0 Å². The SMILES string of the molecule is CCS(=O)(=O)Nc1ccc(-c2noc(-c3ccccn3)n2)cc1. The molecule has 0 unspecified atom stereocenters. The van der Waals surface area contributed by atoms with Crippen LogP contribution in [0.25, 0.3) is 23.0 Å². The molecule has 0 amide bonds. The first-order chi connectivity index (χ1) is 11.1. The van der Waals surface area contributed by atoms with Crippen molar-refractivity contribution in [3.05, 3.63) is 48.7 Å². The molecule has 2 aromatic heterocycles. The second kappa shape index (κ2) is 6.17. The van der Waals surface area contributed by atoms with Crippen molar-refractivity contribution in [2.24, 2.45) is 0 Å². The van der Waals surface area contributed by atoms with Gasteiger partial charge >= 0.3 is 0 Å². The Hall–Kier alpha value is -2.74. The molecule has 0 aliphatic heterocycles. The van der Waals surface area contributed by atoms with Gasteiger partial charge in [0.15, 0.2) is 0 Å². The normalized spacial score (nSPS) is 11.3. The standard InChI is InChI=1S/C15H14N4O3S/c1-2-23(20,21)19-12-8-6-11(7-9-12)14-17-15(22-18-14)13-5-3-4-10-16-13/h3-10,19H,2H2,1H3. The van der Waals surface area contributed by atoms with Gasteiger partial charge in [0.1, 0.15) is 5.69 Å². The molecule has 1 N–H and O–H groups in total. The van der Waals surface area contributed by atoms with Crippen LogP contribution in [-0.2, 0) is 10.0 Å². The minimum atomic E-state index is -3.29. The van der Waals surface area contributed by atoms with Crippen LogP contribution < -0.4 is 4.72 Å². The van der Waals surface area contributed by atoms with Crippen LogP contribution in [0.2, 0.25) is 0 Å². The summed E-state index contributed by atoms with van der Waals surface area (Å²) in [5.41, 5.74) is 1.80. The quantitative estimate of drug-likeness (QED) is 0.772. The zero-order valence-electron chi connectivity index (χ0n) is 12.3. The zero-order chi connectivity index (χ0) is 16.3. The van der Waals surface area contributed by atoms with E-state index in [2.05, 4.69) is 19.8 Å². The van der Waals surface area contributed by atoms with E-state index in [1.54, 1.807) is 49.5 Å². The van der Waals surface area contributed by atoms with E-state index >= 15 is 0 Å². The predicted octanol–water partition coefficient (Wildman–Crippen LogP) is 2.56. The first kappa shape index (κ1) is 15.2. The molecule has 0 fully saturated rings. The molecule has 0 atom stereocenters. The van der Waals surface area contributed by atoms with Crippen LogP contribution in [0.15, 0.2) is 53.2 Å². The first-order valence-corrected chi connectivity index (χ1v) is 8.58. The fourth-order valence-corrected chi connectivity index (χ4v) is 2.51. The lowest BCUT2D eigenvalue weighted by atomic mass is 10.2. The second-order valence-electron chi connectivity index (χ2n) is 4.72. The minimum Gasteiger partial charge on any atom is -0.332 e. The molecule has 7 nitrogen and oxygen atoms in total. The van der Waals surface area contributed by atoms with E-state index in [-0.39, 0.29) is 5.75 Å². The third-order valence-electron chi connectivity index (χ3n) is 3.11. The molecule has 0 saturated heterocycles. The topological polar surface area (TPSA) is 98.0 Å². The van der Waals surface area contributed by atoms with Crippen molar-refractivity contribution in [3.63, 3.8) is 0 Å². The number of benzene rings is 1. The molecule has 0 aliphatic rings. The molecule has 0 aliphatic carbocycles. The highest BCUT2D eigenvalue weighted by Crippen LogP contribution is 2.22. The van der Waals surface area contributed by atoms with Gasteiger partial charge in [-0.15, -0.1) is 0 Å². The third-order valence-corrected chi connectivity index (χ3v) is 4.41. The number of anilines is 1. The van der Waals surface area contributed by atoms with Crippen molar-refractivity contribution in [2.45, 2.75) is 6.92 Å². The van der Waals surface area contributed by atoms with E-state index in [4.69, 9.17) is 4.52 Å². The number of hydrogen-bond acceptors (Lipinski definition) is 6. The van der Waals surface area contributed by atoms with Crippen molar-refractivity contribution < 1.29 is 12.9 Å².